The highest BCUT2D eigenvalue weighted by molar-refractivity contribution is 5.77. The van der Waals surface area contributed by atoms with Gasteiger partial charge in [-0.3, -0.25) is 14.5 Å². The Bertz CT molecular complexity index is 830. The van der Waals surface area contributed by atoms with Crippen LogP contribution in [0.25, 0.3) is 11.3 Å². The smallest absolute Gasteiger partial charge is 0.258 e. The molecule has 0 atom stereocenters. The van der Waals surface area contributed by atoms with Gasteiger partial charge in [0, 0.05) is 30.7 Å². The number of aryl methyl sites for hydroxylation is 1. The molecule has 0 aliphatic carbocycles. The monoisotopic (exact) mass is 336 g/mol. The van der Waals surface area contributed by atoms with E-state index in [0.29, 0.717) is 13.1 Å². The maximum atomic E-state index is 11.9. The van der Waals surface area contributed by atoms with E-state index in [-0.39, 0.29) is 12.5 Å². The van der Waals surface area contributed by atoms with E-state index >= 15 is 0 Å². The highest BCUT2D eigenvalue weighted by Crippen LogP contribution is 2.16. The zero-order chi connectivity index (χ0) is 17.5. The second kappa shape index (κ2) is 8.10. The number of benzene rings is 1. The van der Waals surface area contributed by atoms with E-state index in [0.717, 1.165) is 22.6 Å². The fourth-order valence-electron chi connectivity index (χ4n) is 2.39. The van der Waals surface area contributed by atoms with Gasteiger partial charge in [-0.1, -0.05) is 18.2 Å². The van der Waals surface area contributed by atoms with Gasteiger partial charge in [0.2, 0.25) is 0 Å². The molecule has 1 amide bonds. The number of hydrogen-bond acceptors (Lipinski definition) is 4. The number of aromatic nitrogens is 3. The maximum Gasteiger partial charge on any atom is 0.258 e. The van der Waals surface area contributed by atoms with Crippen molar-refractivity contribution in [2.24, 2.45) is 0 Å². The predicted molar refractivity (Wildman–Crippen MR) is 95.1 cm³/mol. The van der Waals surface area contributed by atoms with Crippen molar-refractivity contribution < 1.29 is 9.53 Å². The lowest BCUT2D eigenvalue weighted by Crippen LogP contribution is -2.31. The molecule has 3 rings (SSSR count). The standard InChI is InChI=1S/C19H20N4O2/c1-15-4-2-3-5-18(15)25-14-19(24)21-11-13-23-12-8-17(22-23)16-6-9-20-10-7-16/h2-10,12H,11,13-14H2,1H3,(H,21,24). The minimum atomic E-state index is -0.148. The normalized spacial score (nSPS) is 10.4. The number of nitrogens with zero attached hydrogens (tertiary/aromatic N) is 3. The summed E-state index contributed by atoms with van der Waals surface area (Å²) < 4.78 is 7.33. The Morgan fingerprint density at radius 2 is 1.96 bits per heavy atom. The van der Waals surface area contributed by atoms with Crippen molar-refractivity contribution in [2.75, 3.05) is 13.2 Å². The summed E-state index contributed by atoms with van der Waals surface area (Å²) in [6.45, 7) is 3.05. The topological polar surface area (TPSA) is 69.0 Å². The molecular formula is C19H20N4O2. The Labute approximate surface area is 146 Å². The van der Waals surface area contributed by atoms with E-state index in [1.807, 2.05) is 55.6 Å². The van der Waals surface area contributed by atoms with Crippen LogP contribution in [0.15, 0.2) is 61.1 Å². The Morgan fingerprint density at radius 3 is 2.76 bits per heavy atom. The third kappa shape index (κ3) is 4.67. The first-order valence-electron chi connectivity index (χ1n) is 8.11. The van der Waals surface area contributed by atoms with Crippen LogP contribution in [-0.2, 0) is 11.3 Å². The molecule has 128 valence electrons. The van der Waals surface area contributed by atoms with Crippen molar-refractivity contribution in [3.05, 3.63) is 66.6 Å². The van der Waals surface area contributed by atoms with Crippen LogP contribution in [0.3, 0.4) is 0 Å². The first-order chi connectivity index (χ1) is 12.2. The molecule has 2 aromatic heterocycles. The molecule has 0 bridgehead atoms. The lowest BCUT2D eigenvalue weighted by molar-refractivity contribution is -0.123. The lowest BCUT2D eigenvalue weighted by atomic mass is 10.2. The number of ether oxygens (including phenoxy) is 1. The zero-order valence-electron chi connectivity index (χ0n) is 14.1. The van der Waals surface area contributed by atoms with E-state index in [1.165, 1.54) is 0 Å². The summed E-state index contributed by atoms with van der Waals surface area (Å²) in [5, 5.41) is 7.32. The van der Waals surface area contributed by atoms with Crippen molar-refractivity contribution in [3.8, 4) is 17.0 Å². The van der Waals surface area contributed by atoms with Crippen LogP contribution in [0.5, 0.6) is 5.75 Å². The van der Waals surface area contributed by atoms with Gasteiger partial charge >= 0.3 is 0 Å². The highest BCUT2D eigenvalue weighted by Gasteiger charge is 2.05. The van der Waals surface area contributed by atoms with Crippen LogP contribution in [0.4, 0.5) is 0 Å². The molecule has 2 heterocycles. The van der Waals surface area contributed by atoms with Gasteiger partial charge in [0.15, 0.2) is 6.61 Å². The highest BCUT2D eigenvalue weighted by atomic mass is 16.5. The molecule has 0 aliphatic heterocycles. The second-order valence-corrected chi connectivity index (χ2v) is 5.60. The minimum Gasteiger partial charge on any atom is -0.484 e. The Hall–Kier alpha value is -3.15. The van der Waals surface area contributed by atoms with Crippen LogP contribution in [0, 0.1) is 6.92 Å². The van der Waals surface area contributed by atoms with Crippen LogP contribution in [-0.4, -0.2) is 33.8 Å². The van der Waals surface area contributed by atoms with Crippen molar-refractivity contribution in [1.29, 1.82) is 0 Å². The third-order valence-electron chi connectivity index (χ3n) is 3.73. The number of nitrogens with one attached hydrogen (secondary N) is 1. The second-order valence-electron chi connectivity index (χ2n) is 5.60. The SMILES string of the molecule is Cc1ccccc1OCC(=O)NCCn1ccc(-c2ccncc2)n1. The van der Waals surface area contributed by atoms with Gasteiger partial charge in [-0.25, -0.2) is 0 Å². The molecule has 1 aromatic carbocycles. The molecule has 6 nitrogen and oxygen atoms in total. The van der Waals surface area contributed by atoms with E-state index in [4.69, 9.17) is 4.74 Å². The summed E-state index contributed by atoms with van der Waals surface area (Å²) in [7, 11) is 0. The molecule has 25 heavy (non-hydrogen) atoms. The maximum absolute atomic E-state index is 11.9. The number of hydrogen-bond donors (Lipinski definition) is 1. The van der Waals surface area contributed by atoms with Gasteiger partial charge in [-0.2, -0.15) is 5.10 Å². The van der Waals surface area contributed by atoms with E-state index in [9.17, 15) is 4.79 Å². The van der Waals surface area contributed by atoms with E-state index in [2.05, 4.69) is 15.4 Å². The average molecular weight is 336 g/mol. The van der Waals surface area contributed by atoms with Crippen LogP contribution < -0.4 is 10.1 Å². The molecule has 0 fully saturated rings. The van der Waals surface area contributed by atoms with Gasteiger partial charge in [-0.15, -0.1) is 0 Å². The summed E-state index contributed by atoms with van der Waals surface area (Å²) in [6, 6.07) is 13.4. The van der Waals surface area contributed by atoms with Crippen molar-refractivity contribution in [3.63, 3.8) is 0 Å². The van der Waals surface area contributed by atoms with Crippen molar-refractivity contribution in [2.45, 2.75) is 13.5 Å². The van der Waals surface area contributed by atoms with E-state index in [1.54, 1.807) is 17.1 Å². The van der Waals surface area contributed by atoms with Crippen molar-refractivity contribution >= 4 is 5.91 Å². The van der Waals surface area contributed by atoms with Gasteiger partial charge in [-0.05, 0) is 36.8 Å². The first-order valence-corrected chi connectivity index (χ1v) is 8.11. The Morgan fingerprint density at radius 1 is 1.16 bits per heavy atom. The van der Waals surface area contributed by atoms with Crippen LogP contribution in [0.1, 0.15) is 5.56 Å². The molecule has 0 saturated carbocycles. The minimum absolute atomic E-state index is 0.00618. The molecule has 0 saturated heterocycles. The third-order valence-corrected chi connectivity index (χ3v) is 3.73. The molecule has 1 N–H and O–H groups in total. The Balaban J connectivity index is 1.43. The summed E-state index contributed by atoms with van der Waals surface area (Å²) in [5.41, 5.74) is 2.91. The molecule has 0 aliphatic rings. The van der Waals surface area contributed by atoms with Gasteiger partial charge in [0.1, 0.15) is 5.75 Å². The molecule has 0 spiro atoms. The molecule has 3 aromatic rings. The van der Waals surface area contributed by atoms with Crippen LogP contribution in [0.2, 0.25) is 0 Å². The van der Waals surface area contributed by atoms with Gasteiger partial charge in [0.05, 0.1) is 12.2 Å². The fourth-order valence-corrected chi connectivity index (χ4v) is 2.39. The predicted octanol–water partition coefficient (Wildman–Crippen LogP) is 2.45. The molecule has 0 radical (unpaired) electrons. The largest absolute Gasteiger partial charge is 0.484 e. The number of carbonyl (C=O) groups is 1. The summed E-state index contributed by atoms with van der Waals surface area (Å²) in [6.07, 6.45) is 5.37. The quantitative estimate of drug-likeness (QED) is 0.719. The number of pyridine rings is 1. The Kier molecular flexibility index (Phi) is 5.41. The fraction of sp³-hybridized carbons (Fsp3) is 0.211. The van der Waals surface area contributed by atoms with Crippen LogP contribution >= 0.6 is 0 Å². The number of rotatable bonds is 7. The van der Waals surface area contributed by atoms with Gasteiger partial charge in [0.25, 0.3) is 5.91 Å². The van der Waals surface area contributed by atoms with E-state index < -0.39 is 0 Å². The molecule has 6 heteroatoms. The average Bonchev–Trinajstić information content (AvgIpc) is 3.11. The summed E-state index contributed by atoms with van der Waals surface area (Å²) >= 11 is 0. The summed E-state index contributed by atoms with van der Waals surface area (Å²) in [5.74, 6) is 0.580. The van der Waals surface area contributed by atoms with Gasteiger partial charge < -0.3 is 10.1 Å². The zero-order valence-corrected chi connectivity index (χ0v) is 14.1. The molecule has 0 unspecified atom stereocenters. The van der Waals surface area contributed by atoms with Crippen molar-refractivity contribution in [1.82, 2.24) is 20.1 Å². The summed E-state index contributed by atoms with van der Waals surface area (Å²) in [4.78, 5) is 15.9. The first kappa shape index (κ1) is 16.7. The lowest BCUT2D eigenvalue weighted by Gasteiger charge is -2.09. The number of amides is 1. The molecular weight excluding hydrogens is 316 g/mol. The number of carbonyl (C=O) groups excluding carboxylic acids is 1. The number of para-hydroxylation sites is 1.